The highest BCUT2D eigenvalue weighted by molar-refractivity contribution is 4.86. The van der Waals surface area contributed by atoms with Crippen molar-refractivity contribution in [2.24, 2.45) is 0 Å². The van der Waals surface area contributed by atoms with Crippen molar-refractivity contribution in [3.8, 4) is 0 Å². The number of hydrogen-bond donors (Lipinski definition) is 2. The van der Waals surface area contributed by atoms with Crippen LogP contribution in [0.1, 0.15) is 25.7 Å². The molecule has 76 valence electrons. The van der Waals surface area contributed by atoms with Gasteiger partial charge >= 0.3 is 0 Å². The van der Waals surface area contributed by atoms with Crippen LogP contribution in [0.3, 0.4) is 0 Å². The van der Waals surface area contributed by atoms with Gasteiger partial charge in [-0.2, -0.15) is 0 Å². The summed E-state index contributed by atoms with van der Waals surface area (Å²) in [5, 5.41) is 12.6. The van der Waals surface area contributed by atoms with E-state index < -0.39 is 0 Å². The molecule has 0 radical (unpaired) electrons. The van der Waals surface area contributed by atoms with Crippen molar-refractivity contribution in [1.29, 1.82) is 0 Å². The van der Waals surface area contributed by atoms with Crippen LogP contribution in [0.2, 0.25) is 0 Å². The smallest absolute Gasteiger partial charge is 0.0597 e. The number of nitrogens with one attached hydrogen (secondary N) is 1. The first kappa shape index (κ1) is 9.44. The fourth-order valence-corrected chi connectivity index (χ4v) is 2.02. The van der Waals surface area contributed by atoms with Gasteiger partial charge in [0.15, 0.2) is 0 Å². The van der Waals surface area contributed by atoms with Gasteiger partial charge in [0.1, 0.15) is 0 Å². The summed E-state index contributed by atoms with van der Waals surface area (Å²) in [6.45, 7) is 3.77. The SMILES string of the molecule is OCC(CN1CCCC1)NC1CC1. The second kappa shape index (κ2) is 4.40. The van der Waals surface area contributed by atoms with Crippen molar-refractivity contribution < 1.29 is 5.11 Å². The van der Waals surface area contributed by atoms with Crippen molar-refractivity contribution in [3.05, 3.63) is 0 Å². The molecule has 2 rings (SSSR count). The van der Waals surface area contributed by atoms with E-state index in [-0.39, 0.29) is 6.61 Å². The van der Waals surface area contributed by atoms with Gasteiger partial charge in [0.25, 0.3) is 0 Å². The maximum absolute atomic E-state index is 9.17. The fraction of sp³-hybridized carbons (Fsp3) is 1.00. The predicted molar refractivity (Wildman–Crippen MR) is 52.7 cm³/mol. The van der Waals surface area contributed by atoms with Crippen LogP contribution in [-0.2, 0) is 0 Å². The van der Waals surface area contributed by atoms with Crippen molar-refractivity contribution in [2.45, 2.75) is 37.8 Å². The third-order valence-corrected chi connectivity index (χ3v) is 2.95. The molecule has 2 aliphatic rings. The van der Waals surface area contributed by atoms with E-state index >= 15 is 0 Å². The van der Waals surface area contributed by atoms with Crippen LogP contribution in [-0.4, -0.2) is 48.3 Å². The Balaban J connectivity index is 1.68. The Kier molecular flexibility index (Phi) is 3.19. The van der Waals surface area contributed by atoms with Gasteiger partial charge in [0.05, 0.1) is 6.61 Å². The van der Waals surface area contributed by atoms with E-state index in [1.165, 1.54) is 38.8 Å². The minimum absolute atomic E-state index is 0.285. The van der Waals surface area contributed by atoms with Crippen LogP contribution >= 0.6 is 0 Å². The van der Waals surface area contributed by atoms with Crippen molar-refractivity contribution in [3.63, 3.8) is 0 Å². The second-order valence-electron chi connectivity index (χ2n) is 4.33. The first-order valence-electron chi connectivity index (χ1n) is 5.48. The molecular formula is C10H20N2O. The van der Waals surface area contributed by atoms with E-state index in [0.717, 1.165) is 6.54 Å². The molecule has 3 heteroatoms. The van der Waals surface area contributed by atoms with E-state index in [1.807, 2.05) is 0 Å². The average Bonchev–Trinajstić information content (AvgIpc) is 2.80. The summed E-state index contributed by atoms with van der Waals surface area (Å²) in [6, 6.07) is 1.02. The van der Waals surface area contributed by atoms with Gasteiger partial charge in [0, 0.05) is 18.6 Å². The molecule has 0 aromatic rings. The van der Waals surface area contributed by atoms with Crippen molar-refractivity contribution in [1.82, 2.24) is 10.2 Å². The molecule has 0 amide bonds. The Morgan fingerprint density at radius 1 is 1.31 bits per heavy atom. The number of rotatable bonds is 5. The summed E-state index contributed by atoms with van der Waals surface area (Å²) in [5.74, 6) is 0. The Morgan fingerprint density at radius 3 is 2.54 bits per heavy atom. The number of likely N-dealkylation sites (tertiary alicyclic amines) is 1. The van der Waals surface area contributed by atoms with Crippen LogP contribution < -0.4 is 5.32 Å². The van der Waals surface area contributed by atoms with E-state index in [1.54, 1.807) is 0 Å². The molecule has 1 aliphatic heterocycles. The minimum Gasteiger partial charge on any atom is -0.395 e. The molecule has 1 saturated carbocycles. The lowest BCUT2D eigenvalue weighted by atomic mass is 10.3. The molecule has 2 fully saturated rings. The van der Waals surface area contributed by atoms with Gasteiger partial charge in [0.2, 0.25) is 0 Å². The zero-order valence-corrected chi connectivity index (χ0v) is 8.21. The quantitative estimate of drug-likeness (QED) is 0.640. The Bertz CT molecular complexity index is 153. The highest BCUT2D eigenvalue weighted by atomic mass is 16.3. The van der Waals surface area contributed by atoms with E-state index in [4.69, 9.17) is 0 Å². The lowest BCUT2D eigenvalue weighted by molar-refractivity contribution is 0.197. The normalized spacial score (nSPS) is 26.5. The standard InChI is InChI=1S/C10H20N2O/c13-8-10(11-9-3-4-9)7-12-5-1-2-6-12/h9-11,13H,1-8H2. The monoisotopic (exact) mass is 184 g/mol. The number of hydrogen-bond acceptors (Lipinski definition) is 3. The van der Waals surface area contributed by atoms with Crippen LogP contribution in [0.15, 0.2) is 0 Å². The van der Waals surface area contributed by atoms with Gasteiger partial charge in [-0.25, -0.2) is 0 Å². The third-order valence-electron chi connectivity index (χ3n) is 2.95. The first-order valence-corrected chi connectivity index (χ1v) is 5.48. The summed E-state index contributed by atoms with van der Waals surface area (Å²) in [7, 11) is 0. The molecular weight excluding hydrogens is 164 g/mol. The first-order chi connectivity index (χ1) is 6.38. The Labute approximate surface area is 80.1 Å². The van der Waals surface area contributed by atoms with Crippen molar-refractivity contribution >= 4 is 0 Å². The van der Waals surface area contributed by atoms with Crippen LogP contribution in [0.4, 0.5) is 0 Å². The van der Waals surface area contributed by atoms with E-state index in [2.05, 4.69) is 10.2 Å². The maximum Gasteiger partial charge on any atom is 0.0597 e. The molecule has 3 nitrogen and oxygen atoms in total. The molecule has 0 spiro atoms. The molecule has 2 N–H and O–H groups in total. The molecule has 1 atom stereocenters. The summed E-state index contributed by atoms with van der Waals surface area (Å²) >= 11 is 0. The molecule has 13 heavy (non-hydrogen) atoms. The average molecular weight is 184 g/mol. The fourth-order valence-electron chi connectivity index (χ4n) is 2.02. The lowest BCUT2D eigenvalue weighted by Gasteiger charge is -2.22. The van der Waals surface area contributed by atoms with E-state index in [0.29, 0.717) is 12.1 Å². The van der Waals surface area contributed by atoms with Gasteiger partial charge in [-0.3, -0.25) is 0 Å². The van der Waals surface area contributed by atoms with Crippen molar-refractivity contribution in [2.75, 3.05) is 26.2 Å². The van der Waals surface area contributed by atoms with Crippen LogP contribution in [0.5, 0.6) is 0 Å². The summed E-state index contributed by atoms with van der Waals surface area (Å²) < 4.78 is 0. The topological polar surface area (TPSA) is 35.5 Å². The largest absolute Gasteiger partial charge is 0.395 e. The molecule has 1 heterocycles. The molecule has 0 bridgehead atoms. The van der Waals surface area contributed by atoms with Gasteiger partial charge in [-0.15, -0.1) is 0 Å². The zero-order chi connectivity index (χ0) is 9.10. The zero-order valence-electron chi connectivity index (χ0n) is 8.21. The molecule has 0 aromatic carbocycles. The highest BCUT2D eigenvalue weighted by Gasteiger charge is 2.25. The number of aliphatic hydroxyl groups excluding tert-OH is 1. The Hall–Kier alpha value is -0.120. The molecule has 0 aromatic heterocycles. The highest BCUT2D eigenvalue weighted by Crippen LogP contribution is 2.19. The van der Waals surface area contributed by atoms with Crippen LogP contribution in [0, 0.1) is 0 Å². The maximum atomic E-state index is 9.17. The summed E-state index contributed by atoms with van der Waals surface area (Å²) in [6.07, 6.45) is 5.27. The molecule has 1 unspecified atom stereocenters. The lowest BCUT2D eigenvalue weighted by Crippen LogP contribution is -2.43. The number of nitrogens with zero attached hydrogens (tertiary/aromatic N) is 1. The summed E-state index contributed by atoms with van der Waals surface area (Å²) in [5.41, 5.74) is 0. The minimum atomic E-state index is 0.285. The van der Waals surface area contributed by atoms with E-state index in [9.17, 15) is 5.11 Å². The van der Waals surface area contributed by atoms with Gasteiger partial charge < -0.3 is 15.3 Å². The predicted octanol–water partition coefficient (Wildman–Crippen LogP) is 0.195. The second-order valence-corrected chi connectivity index (χ2v) is 4.33. The van der Waals surface area contributed by atoms with Gasteiger partial charge in [-0.1, -0.05) is 0 Å². The van der Waals surface area contributed by atoms with Crippen LogP contribution in [0.25, 0.3) is 0 Å². The Morgan fingerprint density at radius 2 is 2.00 bits per heavy atom. The molecule has 1 aliphatic carbocycles. The molecule has 1 saturated heterocycles. The third kappa shape index (κ3) is 2.93. The van der Waals surface area contributed by atoms with Gasteiger partial charge in [-0.05, 0) is 38.8 Å². The summed E-state index contributed by atoms with van der Waals surface area (Å²) in [4.78, 5) is 2.45. The number of aliphatic hydroxyl groups is 1.